The van der Waals surface area contributed by atoms with Crippen LogP contribution in [0.3, 0.4) is 0 Å². The van der Waals surface area contributed by atoms with Crippen molar-refractivity contribution in [3.8, 4) is 0 Å². The summed E-state index contributed by atoms with van der Waals surface area (Å²) in [5, 5.41) is 0. The number of carbonyl (C=O) groups is 1. The zero-order valence-electron chi connectivity index (χ0n) is 16.7. The average molecular weight is 415 g/mol. The second-order valence-electron chi connectivity index (χ2n) is 7.63. The summed E-state index contributed by atoms with van der Waals surface area (Å²) >= 11 is 0. The average Bonchev–Trinajstić information content (AvgIpc) is 3.36. The van der Waals surface area contributed by atoms with E-state index in [9.17, 15) is 13.2 Å². The van der Waals surface area contributed by atoms with E-state index in [4.69, 9.17) is 4.74 Å². The SMILES string of the molecule is CCN([C@H]1CCN([C@@H](C)c2ccccc2)C1)S(=O)(=O)c1ccc2c(c1)C(=O)OC2. The number of cyclic esters (lactones) is 1. The molecule has 2 aromatic carbocycles. The van der Waals surface area contributed by atoms with E-state index in [1.165, 1.54) is 11.6 Å². The smallest absolute Gasteiger partial charge is 0.338 e. The van der Waals surface area contributed by atoms with Gasteiger partial charge in [-0.05, 0) is 31.0 Å². The molecule has 7 heteroatoms. The van der Waals surface area contributed by atoms with Gasteiger partial charge in [0.2, 0.25) is 10.0 Å². The summed E-state index contributed by atoms with van der Waals surface area (Å²) in [5.74, 6) is -0.455. The molecule has 2 aliphatic rings. The van der Waals surface area contributed by atoms with Crippen LogP contribution in [0.5, 0.6) is 0 Å². The summed E-state index contributed by atoms with van der Waals surface area (Å²) in [7, 11) is -3.69. The monoisotopic (exact) mass is 414 g/mol. The molecule has 2 heterocycles. The fourth-order valence-corrected chi connectivity index (χ4v) is 5.99. The van der Waals surface area contributed by atoms with Gasteiger partial charge in [-0.3, -0.25) is 4.90 Å². The number of hydrogen-bond acceptors (Lipinski definition) is 5. The van der Waals surface area contributed by atoms with Crippen molar-refractivity contribution in [1.29, 1.82) is 0 Å². The van der Waals surface area contributed by atoms with E-state index in [1.54, 1.807) is 16.4 Å². The number of nitrogens with zero attached hydrogens (tertiary/aromatic N) is 2. The van der Waals surface area contributed by atoms with Crippen molar-refractivity contribution < 1.29 is 17.9 Å². The van der Waals surface area contributed by atoms with Gasteiger partial charge >= 0.3 is 5.97 Å². The number of likely N-dealkylation sites (N-methyl/N-ethyl adjacent to an activating group) is 1. The molecule has 0 amide bonds. The number of ether oxygens (including phenoxy) is 1. The van der Waals surface area contributed by atoms with E-state index in [0.29, 0.717) is 18.7 Å². The predicted molar refractivity (Wildman–Crippen MR) is 110 cm³/mol. The number of benzene rings is 2. The van der Waals surface area contributed by atoms with E-state index in [-0.39, 0.29) is 23.6 Å². The Morgan fingerprint density at radius 1 is 1.21 bits per heavy atom. The molecule has 1 saturated heterocycles. The molecule has 6 nitrogen and oxygen atoms in total. The zero-order chi connectivity index (χ0) is 20.6. The first-order valence-corrected chi connectivity index (χ1v) is 11.5. The number of esters is 1. The Bertz CT molecular complexity index is 1010. The second kappa shape index (κ2) is 7.89. The Morgan fingerprint density at radius 3 is 2.69 bits per heavy atom. The maximum absolute atomic E-state index is 13.4. The first-order chi connectivity index (χ1) is 13.9. The normalized spacial score (nSPS) is 20.7. The van der Waals surface area contributed by atoms with Crippen molar-refractivity contribution in [3.63, 3.8) is 0 Å². The fraction of sp³-hybridized carbons (Fsp3) is 0.409. The molecule has 2 aromatic rings. The second-order valence-corrected chi connectivity index (χ2v) is 9.52. The Kier molecular flexibility index (Phi) is 5.46. The molecule has 0 N–H and O–H groups in total. The Balaban J connectivity index is 1.54. The Hall–Kier alpha value is -2.22. The van der Waals surface area contributed by atoms with Gasteiger partial charge in [0, 0.05) is 37.3 Å². The number of carbonyl (C=O) groups excluding carboxylic acids is 1. The minimum atomic E-state index is -3.69. The molecule has 2 atom stereocenters. The van der Waals surface area contributed by atoms with E-state index in [0.717, 1.165) is 18.5 Å². The third kappa shape index (κ3) is 3.70. The van der Waals surface area contributed by atoms with Gasteiger partial charge in [0.25, 0.3) is 0 Å². The lowest BCUT2D eigenvalue weighted by Crippen LogP contribution is -2.42. The molecule has 0 spiro atoms. The van der Waals surface area contributed by atoms with Crippen molar-refractivity contribution in [2.75, 3.05) is 19.6 Å². The molecule has 0 aromatic heterocycles. The first kappa shape index (κ1) is 20.1. The van der Waals surface area contributed by atoms with Crippen LogP contribution in [-0.2, 0) is 21.4 Å². The lowest BCUT2D eigenvalue weighted by Gasteiger charge is -2.29. The van der Waals surface area contributed by atoms with Gasteiger partial charge in [-0.2, -0.15) is 4.31 Å². The largest absolute Gasteiger partial charge is 0.457 e. The molecule has 4 rings (SSSR count). The van der Waals surface area contributed by atoms with Gasteiger partial charge in [0.15, 0.2) is 0 Å². The minimum absolute atomic E-state index is 0.0867. The summed E-state index contributed by atoms with van der Waals surface area (Å²) in [6, 6.07) is 15.1. The van der Waals surface area contributed by atoms with Crippen LogP contribution in [0.2, 0.25) is 0 Å². The lowest BCUT2D eigenvalue weighted by molar-refractivity contribution is 0.0535. The molecule has 0 saturated carbocycles. The van der Waals surface area contributed by atoms with E-state index >= 15 is 0 Å². The number of fused-ring (bicyclic) bond motifs is 1. The number of hydrogen-bond donors (Lipinski definition) is 0. The van der Waals surface area contributed by atoms with Gasteiger partial charge in [0.05, 0.1) is 10.5 Å². The molecule has 0 radical (unpaired) electrons. The predicted octanol–water partition coefficient (Wildman–Crippen LogP) is 3.20. The summed E-state index contributed by atoms with van der Waals surface area (Å²) < 4.78 is 33.3. The molecule has 0 unspecified atom stereocenters. The molecular formula is C22H26N2O4S. The standard InChI is InChI=1S/C22H26N2O4S/c1-3-24(19-11-12-23(14-19)16(2)17-7-5-4-6-8-17)29(26,27)20-10-9-18-15-28-22(25)21(18)13-20/h4-10,13,16,19H,3,11-12,14-15H2,1-2H3/t16-,19-/m0/s1. The quantitative estimate of drug-likeness (QED) is 0.679. The van der Waals surface area contributed by atoms with Crippen molar-refractivity contribution in [2.45, 2.75) is 43.9 Å². The first-order valence-electron chi connectivity index (χ1n) is 10.0. The van der Waals surface area contributed by atoms with Crippen LogP contribution in [0.1, 0.15) is 47.8 Å². The Morgan fingerprint density at radius 2 is 1.97 bits per heavy atom. The Labute approximate surface area is 172 Å². The van der Waals surface area contributed by atoms with E-state index in [1.807, 2.05) is 25.1 Å². The van der Waals surface area contributed by atoms with E-state index in [2.05, 4.69) is 24.0 Å². The highest BCUT2D eigenvalue weighted by Crippen LogP contribution is 2.30. The number of likely N-dealkylation sites (tertiary alicyclic amines) is 1. The zero-order valence-corrected chi connectivity index (χ0v) is 17.6. The highest BCUT2D eigenvalue weighted by atomic mass is 32.2. The van der Waals surface area contributed by atoms with Crippen LogP contribution >= 0.6 is 0 Å². The molecule has 29 heavy (non-hydrogen) atoms. The summed E-state index contributed by atoms with van der Waals surface area (Å²) in [6.45, 7) is 6.17. The van der Waals surface area contributed by atoms with Gasteiger partial charge in [-0.1, -0.05) is 43.3 Å². The molecular weight excluding hydrogens is 388 g/mol. The van der Waals surface area contributed by atoms with Gasteiger partial charge in [-0.15, -0.1) is 0 Å². The topological polar surface area (TPSA) is 66.9 Å². The number of sulfonamides is 1. The third-order valence-electron chi connectivity index (χ3n) is 6.01. The van der Waals surface area contributed by atoms with Gasteiger partial charge < -0.3 is 4.74 Å². The molecule has 1 fully saturated rings. The van der Waals surface area contributed by atoms with Gasteiger partial charge in [-0.25, -0.2) is 13.2 Å². The molecule has 0 aliphatic carbocycles. The van der Waals surface area contributed by atoms with Crippen LogP contribution < -0.4 is 0 Å². The van der Waals surface area contributed by atoms with Crippen molar-refractivity contribution in [2.24, 2.45) is 0 Å². The van der Waals surface area contributed by atoms with Crippen LogP contribution in [0.25, 0.3) is 0 Å². The van der Waals surface area contributed by atoms with Crippen LogP contribution in [0.15, 0.2) is 53.4 Å². The van der Waals surface area contributed by atoms with Crippen LogP contribution in [-0.4, -0.2) is 49.3 Å². The molecule has 154 valence electrons. The fourth-order valence-electron chi connectivity index (χ4n) is 4.31. The maximum atomic E-state index is 13.4. The highest BCUT2D eigenvalue weighted by molar-refractivity contribution is 7.89. The van der Waals surface area contributed by atoms with Gasteiger partial charge in [0.1, 0.15) is 6.61 Å². The van der Waals surface area contributed by atoms with Crippen molar-refractivity contribution in [1.82, 2.24) is 9.21 Å². The minimum Gasteiger partial charge on any atom is -0.457 e. The maximum Gasteiger partial charge on any atom is 0.338 e. The number of rotatable bonds is 6. The summed E-state index contributed by atoms with van der Waals surface area (Å²) in [5.41, 5.74) is 2.32. The summed E-state index contributed by atoms with van der Waals surface area (Å²) in [4.78, 5) is 14.3. The highest BCUT2D eigenvalue weighted by Gasteiger charge is 2.37. The van der Waals surface area contributed by atoms with Crippen molar-refractivity contribution >= 4 is 16.0 Å². The lowest BCUT2D eigenvalue weighted by atomic mass is 10.1. The summed E-state index contributed by atoms with van der Waals surface area (Å²) in [6.07, 6.45) is 0.789. The van der Waals surface area contributed by atoms with Crippen LogP contribution in [0, 0.1) is 0 Å². The molecule has 2 aliphatic heterocycles. The van der Waals surface area contributed by atoms with Crippen molar-refractivity contribution in [3.05, 3.63) is 65.2 Å². The molecule has 0 bridgehead atoms. The van der Waals surface area contributed by atoms with Crippen LogP contribution in [0.4, 0.5) is 0 Å². The third-order valence-corrected chi connectivity index (χ3v) is 8.03. The van der Waals surface area contributed by atoms with E-state index < -0.39 is 16.0 Å².